The van der Waals surface area contributed by atoms with Gasteiger partial charge in [0.1, 0.15) is 6.10 Å². The van der Waals surface area contributed by atoms with Gasteiger partial charge in [-0.25, -0.2) is 4.79 Å². The number of nitro benzene ring substituents is 1. The SMILES string of the molecule is O=C(O)N1CCCC(Oc2cc(C(F)(F)F)ccc2[N+](=O)[O-])C1. The van der Waals surface area contributed by atoms with Gasteiger partial charge in [0.2, 0.25) is 0 Å². The number of rotatable bonds is 3. The quantitative estimate of drug-likeness (QED) is 0.677. The summed E-state index contributed by atoms with van der Waals surface area (Å²) in [5.74, 6) is -0.512. The van der Waals surface area contributed by atoms with Crippen molar-refractivity contribution >= 4 is 11.8 Å². The van der Waals surface area contributed by atoms with E-state index in [1.54, 1.807) is 0 Å². The maximum absolute atomic E-state index is 12.7. The average Bonchev–Trinajstić information content (AvgIpc) is 2.46. The molecule has 1 amide bonds. The second-order valence-electron chi connectivity index (χ2n) is 5.05. The molecule has 1 heterocycles. The molecule has 1 aromatic rings. The molecule has 1 atom stereocenters. The lowest BCUT2D eigenvalue weighted by atomic mass is 10.1. The summed E-state index contributed by atoms with van der Waals surface area (Å²) in [5, 5.41) is 19.9. The predicted molar refractivity (Wildman–Crippen MR) is 71.3 cm³/mol. The molecular weight excluding hydrogens is 321 g/mol. The second-order valence-corrected chi connectivity index (χ2v) is 5.05. The van der Waals surface area contributed by atoms with E-state index in [9.17, 15) is 28.1 Å². The molecule has 0 bridgehead atoms. The number of likely N-dealkylation sites (tertiary alicyclic amines) is 1. The maximum atomic E-state index is 12.7. The highest BCUT2D eigenvalue weighted by Gasteiger charge is 2.34. The van der Waals surface area contributed by atoms with Crippen molar-refractivity contribution in [2.24, 2.45) is 0 Å². The van der Waals surface area contributed by atoms with Crippen LogP contribution in [-0.4, -0.2) is 40.2 Å². The second kappa shape index (κ2) is 6.31. The van der Waals surface area contributed by atoms with E-state index >= 15 is 0 Å². The Morgan fingerprint density at radius 3 is 2.70 bits per heavy atom. The fourth-order valence-corrected chi connectivity index (χ4v) is 2.32. The largest absolute Gasteiger partial charge is 0.482 e. The number of halogens is 3. The Bertz CT molecular complexity index is 620. The van der Waals surface area contributed by atoms with E-state index < -0.39 is 40.3 Å². The molecule has 0 aliphatic carbocycles. The van der Waals surface area contributed by atoms with Crippen molar-refractivity contribution in [1.82, 2.24) is 4.90 Å². The smallest absolute Gasteiger partial charge is 0.416 e. The minimum atomic E-state index is -4.66. The first kappa shape index (κ1) is 16.8. The molecule has 1 aromatic carbocycles. The number of hydrogen-bond acceptors (Lipinski definition) is 4. The molecule has 1 unspecified atom stereocenters. The molecule has 126 valence electrons. The van der Waals surface area contributed by atoms with Crippen molar-refractivity contribution in [3.8, 4) is 5.75 Å². The topological polar surface area (TPSA) is 92.9 Å². The fourth-order valence-electron chi connectivity index (χ4n) is 2.32. The highest BCUT2D eigenvalue weighted by Crippen LogP contribution is 2.37. The lowest BCUT2D eigenvalue weighted by molar-refractivity contribution is -0.386. The van der Waals surface area contributed by atoms with Crippen LogP contribution in [0, 0.1) is 10.1 Å². The molecule has 0 saturated carbocycles. The summed E-state index contributed by atoms with van der Waals surface area (Å²) in [7, 11) is 0. The van der Waals surface area contributed by atoms with Crippen LogP contribution >= 0.6 is 0 Å². The van der Waals surface area contributed by atoms with E-state index in [-0.39, 0.29) is 6.54 Å². The summed E-state index contributed by atoms with van der Waals surface area (Å²) < 4.78 is 43.5. The van der Waals surface area contributed by atoms with E-state index in [4.69, 9.17) is 9.84 Å². The number of hydrogen-bond donors (Lipinski definition) is 1. The van der Waals surface area contributed by atoms with Crippen LogP contribution in [0.3, 0.4) is 0 Å². The van der Waals surface area contributed by atoms with Crippen LogP contribution in [0.1, 0.15) is 18.4 Å². The lowest BCUT2D eigenvalue weighted by Gasteiger charge is -2.30. The molecule has 2 rings (SSSR count). The monoisotopic (exact) mass is 334 g/mol. The zero-order valence-corrected chi connectivity index (χ0v) is 11.7. The van der Waals surface area contributed by atoms with E-state index in [1.165, 1.54) is 0 Å². The number of amides is 1. The van der Waals surface area contributed by atoms with Gasteiger partial charge in [0.25, 0.3) is 0 Å². The minimum Gasteiger partial charge on any atom is -0.482 e. The average molecular weight is 334 g/mol. The molecule has 0 radical (unpaired) electrons. The van der Waals surface area contributed by atoms with Crippen LogP contribution in [-0.2, 0) is 6.18 Å². The van der Waals surface area contributed by atoms with Crippen molar-refractivity contribution in [3.05, 3.63) is 33.9 Å². The molecule has 0 aromatic heterocycles. The normalized spacial score (nSPS) is 18.6. The first-order valence-electron chi connectivity index (χ1n) is 6.68. The lowest BCUT2D eigenvalue weighted by Crippen LogP contribution is -2.43. The summed E-state index contributed by atoms with van der Waals surface area (Å²) in [6.07, 6.45) is -5.70. The van der Waals surface area contributed by atoms with Gasteiger partial charge in [-0.05, 0) is 25.0 Å². The zero-order valence-electron chi connectivity index (χ0n) is 11.7. The third-order valence-corrected chi connectivity index (χ3v) is 3.43. The Kier molecular flexibility index (Phi) is 4.62. The Morgan fingerprint density at radius 1 is 1.43 bits per heavy atom. The Balaban J connectivity index is 2.26. The van der Waals surface area contributed by atoms with Gasteiger partial charge in [0, 0.05) is 12.6 Å². The van der Waals surface area contributed by atoms with E-state index in [1.807, 2.05) is 0 Å². The number of alkyl halides is 3. The first-order chi connectivity index (χ1) is 10.7. The van der Waals surface area contributed by atoms with Crippen molar-refractivity contribution in [1.29, 1.82) is 0 Å². The van der Waals surface area contributed by atoms with Gasteiger partial charge in [0.05, 0.1) is 17.0 Å². The molecule has 23 heavy (non-hydrogen) atoms. The van der Waals surface area contributed by atoms with Crippen LogP contribution < -0.4 is 4.74 Å². The molecular formula is C13H13F3N2O5. The first-order valence-corrected chi connectivity index (χ1v) is 6.68. The van der Waals surface area contributed by atoms with E-state index in [0.29, 0.717) is 31.5 Å². The van der Waals surface area contributed by atoms with Gasteiger partial charge in [-0.1, -0.05) is 0 Å². The summed E-state index contributed by atoms with van der Waals surface area (Å²) in [5.41, 5.74) is -1.66. The van der Waals surface area contributed by atoms with Gasteiger partial charge >= 0.3 is 18.0 Å². The third kappa shape index (κ3) is 4.02. The Labute approximate surface area is 128 Å². The van der Waals surface area contributed by atoms with Crippen LogP contribution in [0.15, 0.2) is 18.2 Å². The number of nitro groups is 1. The van der Waals surface area contributed by atoms with Crippen LogP contribution in [0.2, 0.25) is 0 Å². The predicted octanol–water partition coefficient (Wildman–Crippen LogP) is 3.13. The van der Waals surface area contributed by atoms with E-state index in [0.717, 1.165) is 11.0 Å². The third-order valence-electron chi connectivity index (χ3n) is 3.43. The zero-order chi connectivity index (χ0) is 17.2. The Hall–Kier alpha value is -2.52. The van der Waals surface area contributed by atoms with Crippen LogP contribution in [0.4, 0.5) is 23.7 Å². The van der Waals surface area contributed by atoms with Crippen LogP contribution in [0.5, 0.6) is 5.75 Å². The minimum absolute atomic E-state index is 0.0528. The van der Waals surface area contributed by atoms with Crippen molar-refractivity contribution in [2.75, 3.05) is 13.1 Å². The van der Waals surface area contributed by atoms with Gasteiger partial charge in [-0.2, -0.15) is 13.2 Å². The fraction of sp³-hybridized carbons (Fsp3) is 0.462. The summed E-state index contributed by atoms with van der Waals surface area (Å²) in [4.78, 5) is 22.1. The van der Waals surface area contributed by atoms with Crippen LogP contribution in [0.25, 0.3) is 0 Å². The van der Waals surface area contributed by atoms with Gasteiger partial charge < -0.3 is 14.7 Å². The molecule has 1 saturated heterocycles. The number of carbonyl (C=O) groups is 1. The van der Waals surface area contributed by atoms with Gasteiger partial charge in [-0.3, -0.25) is 10.1 Å². The maximum Gasteiger partial charge on any atom is 0.416 e. The molecule has 1 N–H and O–H groups in total. The molecule has 7 nitrogen and oxygen atoms in total. The van der Waals surface area contributed by atoms with Gasteiger partial charge in [0.15, 0.2) is 5.75 Å². The van der Waals surface area contributed by atoms with Crippen molar-refractivity contribution in [3.63, 3.8) is 0 Å². The summed E-state index contributed by atoms with van der Waals surface area (Å²) in [6, 6.07) is 1.91. The molecule has 1 fully saturated rings. The summed E-state index contributed by atoms with van der Waals surface area (Å²) in [6.45, 7) is 0.239. The number of piperidine rings is 1. The highest BCUT2D eigenvalue weighted by atomic mass is 19.4. The number of carboxylic acid groups (broad SMARTS) is 1. The van der Waals surface area contributed by atoms with E-state index in [2.05, 4.69) is 0 Å². The number of ether oxygens (including phenoxy) is 1. The Morgan fingerprint density at radius 2 is 2.13 bits per heavy atom. The van der Waals surface area contributed by atoms with Crippen molar-refractivity contribution < 1.29 is 32.7 Å². The molecule has 1 aliphatic rings. The number of benzene rings is 1. The standard InChI is InChI=1S/C13H13F3N2O5/c14-13(15,16)8-3-4-10(18(21)22)11(6-8)23-9-2-1-5-17(7-9)12(19)20/h3-4,6,9H,1-2,5,7H2,(H,19,20). The van der Waals surface area contributed by atoms with Gasteiger partial charge in [-0.15, -0.1) is 0 Å². The van der Waals surface area contributed by atoms with Crippen molar-refractivity contribution in [2.45, 2.75) is 25.1 Å². The molecule has 1 aliphatic heterocycles. The highest BCUT2D eigenvalue weighted by molar-refractivity contribution is 5.65. The summed E-state index contributed by atoms with van der Waals surface area (Å²) >= 11 is 0. The molecule has 10 heteroatoms. The molecule has 0 spiro atoms. The number of nitrogens with zero attached hydrogens (tertiary/aromatic N) is 2.